The van der Waals surface area contributed by atoms with E-state index in [9.17, 15) is 9.59 Å². The molecule has 1 heterocycles. The summed E-state index contributed by atoms with van der Waals surface area (Å²) in [6.07, 6.45) is 3.65. The van der Waals surface area contributed by atoms with Gasteiger partial charge in [-0.15, -0.1) is 11.3 Å². The van der Waals surface area contributed by atoms with Crippen LogP contribution in [-0.2, 0) is 17.6 Å². The van der Waals surface area contributed by atoms with Gasteiger partial charge in [-0.2, -0.15) is 0 Å². The summed E-state index contributed by atoms with van der Waals surface area (Å²) < 4.78 is 0. The number of hydrogen-bond acceptors (Lipinski definition) is 3. The number of carbonyl (C=O) groups excluding carboxylic acids is 1. The van der Waals surface area contributed by atoms with E-state index in [1.807, 2.05) is 6.07 Å². The molecule has 1 N–H and O–H groups in total. The van der Waals surface area contributed by atoms with Crippen molar-refractivity contribution in [1.29, 1.82) is 0 Å². The smallest absolute Gasteiger partial charge is 0.326 e. The van der Waals surface area contributed by atoms with Crippen molar-refractivity contribution < 1.29 is 14.7 Å². The molecule has 1 aromatic rings. The molecule has 0 fully saturated rings. The zero-order valence-electron chi connectivity index (χ0n) is 12.2. The summed E-state index contributed by atoms with van der Waals surface area (Å²) in [5.74, 6) is -0.454. The van der Waals surface area contributed by atoms with Crippen LogP contribution in [-0.4, -0.2) is 35.0 Å². The summed E-state index contributed by atoms with van der Waals surface area (Å²) >= 11 is 1.53. The molecule has 2 rings (SSSR count). The van der Waals surface area contributed by atoms with Crippen molar-refractivity contribution in [2.45, 2.75) is 45.6 Å². The van der Waals surface area contributed by atoms with E-state index in [-0.39, 0.29) is 5.91 Å². The molecule has 1 aliphatic carbocycles. The summed E-state index contributed by atoms with van der Waals surface area (Å²) in [6.45, 7) is 4.01. The minimum absolute atomic E-state index is 0.175. The number of likely N-dealkylation sites (N-methyl/N-ethyl adjacent to an activating group) is 1. The molecule has 0 saturated carbocycles. The first-order chi connectivity index (χ1) is 9.43. The molecule has 0 aliphatic heterocycles. The van der Waals surface area contributed by atoms with Crippen molar-refractivity contribution in [2.24, 2.45) is 5.92 Å². The second-order valence-electron chi connectivity index (χ2n) is 5.59. The molecule has 0 saturated heterocycles. The van der Waals surface area contributed by atoms with Crippen molar-refractivity contribution in [3.8, 4) is 0 Å². The van der Waals surface area contributed by atoms with Crippen molar-refractivity contribution in [3.05, 3.63) is 21.4 Å². The van der Waals surface area contributed by atoms with Crippen LogP contribution in [0.15, 0.2) is 6.07 Å². The second kappa shape index (κ2) is 5.95. The number of rotatable bonds is 4. The SMILES string of the molecule is CCC(C(=O)O)N(C)C(=O)c1cc2c(s1)CCC(C)C2. The Kier molecular flexibility index (Phi) is 4.48. The molecule has 0 bridgehead atoms. The molecule has 1 amide bonds. The third kappa shape index (κ3) is 2.87. The summed E-state index contributed by atoms with van der Waals surface area (Å²) in [7, 11) is 1.58. The highest BCUT2D eigenvalue weighted by Crippen LogP contribution is 2.32. The van der Waals surface area contributed by atoms with Gasteiger partial charge in [-0.3, -0.25) is 4.79 Å². The molecule has 0 radical (unpaired) electrons. The summed E-state index contributed by atoms with van der Waals surface area (Å²) in [4.78, 5) is 26.9. The highest BCUT2D eigenvalue weighted by Gasteiger charge is 2.28. The van der Waals surface area contributed by atoms with Crippen LogP contribution in [0.1, 0.15) is 46.8 Å². The van der Waals surface area contributed by atoms with E-state index in [2.05, 4.69) is 6.92 Å². The Labute approximate surface area is 123 Å². The van der Waals surface area contributed by atoms with E-state index in [0.29, 0.717) is 17.2 Å². The van der Waals surface area contributed by atoms with Crippen LogP contribution in [0.3, 0.4) is 0 Å². The largest absolute Gasteiger partial charge is 0.480 e. The van der Waals surface area contributed by atoms with Crippen LogP contribution >= 0.6 is 11.3 Å². The fourth-order valence-electron chi connectivity index (χ4n) is 2.74. The number of fused-ring (bicyclic) bond motifs is 1. The standard InChI is InChI=1S/C15H21NO3S/c1-4-11(15(18)19)16(3)14(17)13-8-10-7-9(2)5-6-12(10)20-13/h8-9,11H,4-7H2,1-3H3,(H,18,19). The van der Waals surface area contributed by atoms with Gasteiger partial charge in [-0.25, -0.2) is 4.79 Å². The van der Waals surface area contributed by atoms with Crippen LogP contribution in [0, 0.1) is 5.92 Å². The Morgan fingerprint density at radius 3 is 2.85 bits per heavy atom. The Morgan fingerprint density at radius 1 is 1.55 bits per heavy atom. The summed E-state index contributed by atoms with van der Waals surface area (Å²) in [6, 6.07) is 1.21. The molecular formula is C15H21NO3S. The van der Waals surface area contributed by atoms with E-state index in [0.717, 1.165) is 12.8 Å². The van der Waals surface area contributed by atoms with Crippen LogP contribution < -0.4 is 0 Å². The van der Waals surface area contributed by atoms with Crippen LogP contribution in [0.4, 0.5) is 0 Å². The fourth-order valence-corrected chi connectivity index (χ4v) is 3.93. The van der Waals surface area contributed by atoms with Crippen molar-refractivity contribution in [3.63, 3.8) is 0 Å². The van der Waals surface area contributed by atoms with E-state index in [4.69, 9.17) is 5.11 Å². The maximum atomic E-state index is 12.4. The van der Waals surface area contributed by atoms with Crippen LogP contribution in [0.5, 0.6) is 0 Å². The molecule has 1 aliphatic rings. The zero-order chi connectivity index (χ0) is 14.9. The van der Waals surface area contributed by atoms with Gasteiger partial charge >= 0.3 is 5.97 Å². The predicted octanol–water partition coefficient (Wildman–Crippen LogP) is 2.81. The monoisotopic (exact) mass is 295 g/mol. The lowest BCUT2D eigenvalue weighted by Crippen LogP contribution is -2.41. The van der Waals surface area contributed by atoms with E-state index in [1.54, 1.807) is 14.0 Å². The molecule has 2 atom stereocenters. The molecule has 20 heavy (non-hydrogen) atoms. The van der Waals surface area contributed by atoms with Gasteiger partial charge in [-0.1, -0.05) is 13.8 Å². The Bertz CT molecular complexity index is 523. The second-order valence-corrected chi connectivity index (χ2v) is 6.72. The Balaban J connectivity index is 2.19. The average molecular weight is 295 g/mol. The first-order valence-corrected chi connectivity index (χ1v) is 7.87. The molecule has 4 nitrogen and oxygen atoms in total. The van der Waals surface area contributed by atoms with Gasteiger partial charge in [0.15, 0.2) is 0 Å². The molecule has 0 spiro atoms. The van der Waals surface area contributed by atoms with Crippen molar-refractivity contribution in [1.82, 2.24) is 4.90 Å². The first kappa shape index (κ1) is 15.0. The third-order valence-electron chi connectivity index (χ3n) is 4.00. The van der Waals surface area contributed by atoms with Gasteiger partial charge in [0, 0.05) is 11.9 Å². The molecule has 5 heteroatoms. The van der Waals surface area contributed by atoms with E-state index >= 15 is 0 Å². The lowest BCUT2D eigenvalue weighted by Gasteiger charge is -2.23. The van der Waals surface area contributed by atoms with E-state index < -0.39 is 12.0 Å². The number of carboxylic acid groups (broad SMARTS) is 1. The van der Waals surface area contributed by atoms with Gasteiger partial charge < -0.3 is 10.0 Å². The van der Waals surface area contributed by atoms with Crippen LogP contribution in [0.25, 0.3) is 0 Å². The quantitative estimate of drug-likeness (QED) is 0.929. The summed E-state index contributed by atoms with van der Waals surface area (Å²) in [5.41, 5.74) is 1.27. The van der Waals surface area contributed by atoms with Gasteiger partial charge in [0.1, 0.15) is 6.04 Å². The highest BCUT2D eigenvalue weighted by molar-refractivity contribution is 7.14. The Morgan fingerprint density at radius 2 is 2.25 bits per heavy atom. The van der Waals surface area contributed by atoms with Gasteiger partial charge in [-0.05, 0) is 43.2 Å². The molecule has 110 valence electrons. The maximum Gasteiger partial charge on any atom is 0.326 e. The normalized spacial score (nSPS) is 19.2. The molecular weight excluding hydrogens is 274 g/mol. The Hall–Kier alpha value is -1.36. The van der Waals surface area contributed by atoms with Gasteiger partial charge in [0.25, 0.3) is 5.91 Å². The topological polar surface area (TPSA) is 57.6 Å². The number of aryl methyl sites for hydroxylation is 1. The number of hydrogen-bond donors (Lipinski definition) is 1. The van der Waals surface area contributed by atoms with E-state index in [1.165, 1.54) is 33.1 Å². The number of nitrogens with zero attached hydrogens (tertiary/aromatic N) is 1. The first-order valence-electron chi connectivity index (χ1n) is 7.05. The van der Waals surface area contributed by atoms with Crippen molar-refractivity contribution >= 4 is 23.2 Å². The third-order valence-corrected chi connectivity index (χ3v) is 5.22. The number of aliphatic carboxylic acids is 1. The number of carboxylic acids is 1. The zero-order valence-corrected chi connectivity index (χ0v) is 13.0. The molecule has 1 aromatic heterocycles. The van der Waals surface area contributed by atoms with Gasteiger partial charge in [0.2, 0.25) is 0 Å². The molecule has 2 unspecified atom stereocenters. The lowest BCUT2D eigenvalue weighted by molar-refractivity contribution is -0.142. The highest BCUT2D eigenvalue weighted by atomic mass is 32.1. The van der Waals surface area contributed by atoms with Gasteiger partial charge in [0.05, 0.1) is 4.88 Å². The molecule has 0 aromatic carbocycles. The van der Waals surface area contributed by atoms with Crippen molar-refractivity contribution in [2.75, 3.05) is 7.05 Å². The fraction of sp³-hybridized carbons (Fsp3) is 0.600. The predicted molar refractivity (Wildman–Crippen MR) is 79.3 cm³/mol. The minimum Gasteiger partial charge on any atom is -0.480 e. The number of carbonyl (C=O) groups is 2. The lowest BCUT2D eigenvalue weighted by atomic mass is 9.90. The summed E-state index contributed by atoms with van der Waals surface area (Å²) in [5, 5.41) is 9.15. The maximum absolute atomic E-state index is 12.4. The van der Waals surface area contributed by atoms with Crippen LogP contribution in [0.2, 0.25) is 0 Å². The number of amides is 1. The minimum atomic E-state index is -0.946. The number of thiophene rings is 1. The average Bonchev–Trinajstić information content (AvgIpc) is 2.80.